The average Bonchev–Trinajstić information content (AvgIpc) is 2.64. The molecule has 0 bridgehead atoms. The molecule has 3 aromatic rings. The van der Waals surface area contributed by atoms with Crippen LogP contribution in [0.25, 0.3) is 0 Å². The predicted molar refractivity (Wildman–Crippen MR) is 103 cm³/mol. The van der Waals surface area contributed by atoms with Crippen molar-refractivity contribution in [3.8, 4) is 0 Å². The number of anilines is 1. The monoisotopic (exact) mass is 351 g/mol. The van der Waals surface area contributed by atoms with Gasteiger partial charge in [-0.25, -0.2) is 8.78 Å². The van der Waals surface area contributed by atoms with E-state index < -0.39 is 0 Å². The van der Waals surface area contributed by atoms with E-state index in [1.54, 1.807) is 18.2 Å². The number of aryl methyl sites for hydroxylation is 5. The molecule has 3 heteroatoms. The van der Waals surface area contributed by atoms with Crippen molar-refractivity contribution in [1.29, 1.82) is 0 Å². The van der Waals surface area contributed by atoms with Crippen molar-refractivity contribution in [3.05, 3.63) is 100 Å². The molecule has 3 aromatic carbocycles. The fourth-order valence-electron chi connectivity index (χ4n) is 3.14. The summed E-state index contributed by atoms with van der Waals surface area (Å²) in [5.41, 5.74) is 11.9. The lowest BCUT2D eigenvalue weighted by Crippen LogP contribution is -2.00. The van der Waals surface area contributed by atoms with Crippen molar-refractivity contribution in [2.45, 2.75) is 32.6 Å². The Morgan fingerprint density at radius 2 is 1.35 bits per heavy atom. The first-order valence-electron chi connectivity index (χ1n) is 8.88. The Balaban J connectivity index is 1.67. The van der Waals surface area contributed by atoms with Crippen LogP contribution in [0.3, 0.4) is 0 Å². The molecule has 0 saturated carbocycles. The fraction of sp³-hybridized carbons (Fsp3) is 0.217. The van der Waals surface area contributed by atoms with E-state index in [9.17, 15) is 8.78 Å². The summed E-state index contributed by atoms with van der Waals surface area (Å²) in [5, 5.41) is 0. The van der Waals surface area contributed by atoms with E-state index in [0.717, 1.165) is 29.7 Å². The molecule has 0 fully saturated rings. The second kappa shape index (κ2) is 8.13. The summed E-state index contributed by atoms with van der Waals surface area (Å²) in [7, 11) is 0. The lowest BCUT2D eigenvalue weighted by Gasteiger charge is -2.10. The Hall–Kier alpha value is -2.68. The fourth-order valence-corrected chi connectivity index (χ4v) is 3.14. The van der Waals surface area contributed by atoms with Gasteiger partial charge in [0.1, 0.15) is 11.6 Å². The number of halogens is 2. The van der Waals surface area contributed by atoms with Gasteiger partial charge in [0.15, 0.2) is 0 Å². The van der Waals surface area contributed by atoms with Gasteiger partial charge in [-0.3, -0.25) is 0 Å². The van der Waals surface area contributed by atoms with Gasteiger partial charge in [-0.15, -0.1) is 0 Å². The summed E-state index contributed by atoms with van der Waals surface area (Å²) in [5.74, 6) is -0.435. The molecular weight excluding hydrogens is 328 g/mol. The van der Waals surface area contributed by atoms with Crippen LogP contribution in [-0.2, 0) is 25.7 Å². The lowest BCUT2D eigenvalue weighted by molar-refractivity contribution is 0.607. The largest absolute Gasteiger partial charge is 0.399 e. The van der Waals surface area contributed by atoms with Crippen LogP contribution in [0, 0.1) is 18.6 Å². The van der Waals surface area contributed by atoms with Crippen LogP contribution < -0.4 is 5.73 Å². The van der Waals surface area contributed by atoms with E-state index in [1.807, 2.05) is 30.3 Å². The molecule has 0 aliphatic heterocycles. The third kappa shape index (κ3) is 4.69. The highest BCUT2D eigenvalue weighted by molar-refractivity contribution is 5.44. The molecular formula is C23H23F2N. The van der Waals surface area contributed by atoms with Crippen LogP contribution >= 0.6 is 0 Å². The van der Waals surface area contributed by atoms with Crippen molar-refractivity contribution < 1.29 is 8.78 Å². The van der Waals surface area contributed by atoms with E-state index in [0.29, 0.717) is 18.4 Å². The normalized spacial score (nSPS) is 10.9. The van der Waals surface area contributed by atoms with E-state index in [1.165, 1.54) is 23.3 Å². The maximum atomic E-state index is 14.1. The van der Waals surface area contributed by atoms with Crippen LogP contribution in [0.15, 0.2) is 60.7 Å². The summed E-state index contributed by atoms with van der Waals surface area (Å²) < 4.78 is 27.1. The molecule has 0 spiro atoms. The van der Waals surface area contributed by atoms with Gasteiger partial charge in [0.25, 0.3) is 0 Å². The van der Waals surface area contributed by atoms with Gasteiger partial charge in [0.2, 0.25) is 0 Å². The Bertz CT molecular complexity index is 885. The predicted octanol–water partition coefficient (Wildman–Crippen LogP) is 5.43. The van der Waals surface area contributed by atoms with E-state index >= 15 is 0 Å². The summed E-state index contributed by atoms with van der Waals surface area (Å²) >= 11 is 0. The lowest BCUT2D eigenvalue weighted by atomic mass is 9.97. The minimum absolute atomic E-state index is 0.184. The minimum Gasteiger partial charge on any atom is -0.399 e. The van der Waals surface area contributed by atoms with Gasteiger partial charge in [-0.1, -0.05) is 30.3 Å². The summed E-state index contributed by atoms with van der Waals surface area (Å²) in [6.07, 6.45) is 3.01. The van der Waals surface area contributed by atoms with Gasteiger partial charge >= 0.3 is 0 Å². The number of rotatable bonds is 6. The van der Waals surface area contributed by atoms with Crippen LogP contribution in [0.4, 0.5) is 14.5 Å². The highest BCUT2D eigenvalue weighted by Crippen LogP contribution is 2.18. The molecule has 0 atom stereocenters. The van der Waals surface area contributed by atoms with Crippen LogP contribution in [-0.4, -0.2) is 0 Å². The minimum atomic E-state index is -0.251. The Morgan fingerprint density at radius 1 is 0.692 bits per heavy atom. The highest BCUT2D eigenvalue weighted by atomic mass is 19.1. The van der Waals surface area contributed by atoms with Crippen molar-refractivity contribution in [1.82, 2.24) is 0 Å². The maximum Gasteiger partial charge on any atom is 0.126 e. The summed E-state index contributed by atoms with van der Waals surface area (Å²) in [6.45, 7) is 2.08. The Morgan fingerprint density at radius 3 is 2.12 bits per heavy atom. The van der Waals surface area contributed by atoms with Crippen molar-refractivity contribution in [2.24, 2.45) is 0 Å². The number of benzene rings is 3. The van der Waals surface area contributed by atoms with Crippen molar-refractivity contribution >= 4 is 5.69 Å². The molecule has 2 N–H and O–H groups in total. The summed E-state index contributed by atoms with van der Waals surface area (Å²) in [6, 6.07) is 17.7. The Kier molecular flexibility index (Phi) is 5.67. The van der Waals surface area contributed by atoms with Crippen molar-refractivity contribution in [3.63, 3.8) is 0 Å². The molecule has 0 aliphatic rings. The van der Waals surface area contributed by atoms with Gasteiger partial charge in [0.05, 0.1) is 0 Å². The van der Waals surface area contributed by atoms with E-state index in [4.69, 9.17) is 5.73 Å². The molecule has 0 radical (unpaired) electrons. The highest BCUT2D eigenvalue weighted by Gasteiger charge is 2.06. The quantitative estimate of drug-likeness (QED) is 0.589. The van der Waals surface area contributed by atoms with Crippen molar-refractivity contribution in [2.75, 3.05) is 5.73 Å². The van der Waals surface area contributed by atoms with Crippen LogP contribution in [0.1, 0.15) is 27.8 Å². The third-order valence-corrected chi connectivity index (χ3v) is 4.76. The molecule has 3 rings (SSSR count). The van der Waals surface area contributed by atoms with Gasteiger partial charge in [-0.05, 0) is 90.8 Å². The molecule has 26 heavy (non-hydrogen) atoms. The number of hydrogen-bond acceptors (Lipinski definition) is 1. The topological polar surface area (TPSA) is 26.0 Å². The first-order valence-corrected chi connectivity index (χ1v) is 8.88. The molecule has 0 unspecified atom stereocenters. The number of nitrogen functional groups attached to an aromatic ring is 1. The number of hydrogen-bond donors (Lipinski definition) is 1. The average molecular weight is 351 g/mol. The van der Waals surface area contributed by atoms with Crippen LogP contribution in [0.5, 0.6) is 0 Å². The smallest absolute Gasteiger partial charge is 0.126 e. The van der Waals surface area contributed by atoms with Gasteiger partial charge in [-0.2, -0.15) is 0 Å². The first-order chi connectivity index (χ1) is 12.5. The second-order valence-electron chi connectivity index (χ2n) is 6.74. The molecule has 0 heterocycles. The van der Waals surface area contributed by atoms with Crippen LogP contribution in [0.2, 0.25) is 0 Å². The van der Waals surface area contributed by atoms with Gasteiger partial charge in [0, 0.05) is 5.69 Å². The molecule has 0 saturated heterocycles. The molecule has 1 nitrogen and oxygen atoms in total. The van der Waals surface area contributed by atoms with E-state index in [-0.39, 0.29) is 11.6 Å². The molecule has 0 aliphatic carbocycles. The first kappa shape index (κ1) is 18.1. The standard InChI is InChI=1S/C23H23F2N/c1-16-2-12-22(26)15-19(16)8-4-18-7-13-23(25)20(14-18)9-3-17-5-10-21(24)11-6-17/h2,5-7,10-15H,3-4,8-9,26H2,1H3. The maximum absolute atomic E-state index is 14.1. The van der Waals surface area contributed by atoms with Gasteiger partial charge < -0.3 is 5.73 Å². The second-order valence-corrected chi connectivity index (χ2v) is 6.74. The molecule has 134 valence electrons. The summed E-state index contributed by atoms with van der Waals surface area (Å²) in [4.78, 5) is 0. The zero-order valence-electron chi connectivity index (χ0n) is 14.9. The Labute approximate surface area is 153 Å². The zero-order chi connectivity index (χ0) is 18.5. The SMILES string of the molecule is Cc1ccc(N)cc1CCc1ccc(F)c(CCc2ccc(F)cc2)c1. The van der Waals surface area contributed by atoms with E-state index in [2.05, 4.69) is 6.92 Å². The molecule has 0 amide bonds. The zero-order valence-corrected chi connectivity index (χ0v) is 14.9. The third-order valence-electron chi connectivity index (χ3n) is 4.76. The molecule has 0 aromatic heterocycles. The number of nitrogens with two attached hydrogens (primary N) is 1.